The number of nitrogens with one attached hydrogen (secondary N) is 1. The predicted molar refractivity (Wildman–Crippen MR) is 108 cm³/mol. The van der Waals surface area contributed by atoms with Gasteiger partial charge in [-0.1, -0.05) is 36.4 Å². The third-order valence-electron chi connectivity index (χ3n) is 4.82. The summed E-state index contributed by atoms with van der Waals surface area (Å²) in [6.07, 6.45) is 1.02. The van der Waals surface area contributed by atoms with Crippen LogP contribution in [0.3, 0.4) is 0 Å². The van der Waals surface area contributed by atoms with Crippen LogP contribution < -0.4 is 10.2 Å². The van der Waals surface area contributed by atoms with E-state index in [-0.39, 0.29) is 5.78 Å². The van der Waals surface area contributed by atoms with Gasteiger partial charge in [-0.15, -0.1) is 0 Å². The number of aryl methyl sites for hydroxylation is 1. The maximum Gasteiger partial charge on any atom is 0.229 e. The molecule has 0 amide bonds. The van der Waals surface area contributed by atoms with E-state index in [0.717, 1.165) is 36.7 Å². The van der Waals surface area contributed by atoms with E-state index in [9.17, 15) is 4.79 Å². The monoisotopic (exact) mass is 358 g/mol. The molecular formula is C22H22N4O. The number of Topliss-reactive ketones (excluding diaryl/α,β-unsaturated/α-hetero) is 1. The molecule has 4 rings (SSSR count). The van der Waals surface area contributed by atoms with Gasteiger partial charge in [0.25, 0.3) is 0 Å². The lowest BCUT2D eigenvalue weighted by molar-refractivity contribution is 0.101. The lowest BCUT2D eigenvalue weighted by Gasteiger charge is -2.30. The lowest BCUT2D eigenvalue weighted by atomic mass is 10.00. The van der Waals surface area contributed by atoms with Crippen LogP contribution >= 0.6 is 0 Å². The summed E-state index contributed by atoms with van der Waals surface area (Å²) in [6, 6.07) is 18.0. The summed E-state index contributed by atoms with van der Waals surface area (Å²) >= 11 is 0. The van der Waals surface area contributed by atoms with Crippen molar-refractivity contribution in [2.24, 2.45) is 0 Å². The van der Waals surface area contributed by atoms with E-state index in [4.69, 9.17) is 4.98 Å². The predicted octanol–water partition coefficient (Wildman–Crippen LogP) is 4.29. The Labute approximate surface area is 159 Å². The maximum atomic E-state index is 11.6. The summed E-state index contributed by atoms with van der Waals surface area (Å²) in [7, 11) is 0. The molecule has 0 atom stereocenters. The highest BCUT2D eigenvalue weighted by molar-refractivity contribution is 5.95. The highest BCUT2D eigenvalue weighted by Crippen LogP contribution is 2.25. The van der Waals surface area contributed by atoms with Gasteiger partial charge in [0.2, 0.25) is 5.95 Å². The number of anilines is 3. The molecule has 3 aromatic rings. The lowest BCUT2D eigenvalue weighted by Crippen LogP contribution is -2.31. The molecular weight excluding hydrogens is 336 g/mol. The molecule has 2 heterocycles. The highest BCUT2D eigenvalue weighted by atomic mass is 16.1. The molecule has 0 aliphatic carbocycles. The number of rotatable bonds is 4. The van der Waals surface area contributed by atoms with E-state index < -0.39 is 0 Å². The molecule has 0 unspecified atom stereocenters. The third-order valence-corrected chi connectivity index (χ3v) is 4.82. The number of ketones is 1. The number of hydrogen-bond acceptors (Lipinski definition) is 5. The minimum Gasteiger partial charge on any atom is -0.352 e. The third kappa shape index (κ3) is 3.82. The Kier molecular flexibility index (Phi) is 4.59. The van der Waals surface area contributed by atoms with Crippen LogP contribution in [0.5, 0.6) is 0 Å². The Bertz CT molecular complexity index is 999. The van der Waals surface area contributed by atoms with Crippen molar-refractivity contribution in [1.82, 2.24) is 9.97 Å². The fraction of sp³-hybridized carbons (Fsp3) is 0.227. The van der Waals surface area contributed by atoms with Crippen LogP contribution in [0.4, 0.5) is 17.5 Å². The Morgan fingerprint density at radius 1 is 1.04 bits per heavy atom. The summed E-state index contributed by atoms with van der Waals surface area (Å²) in [4.78, 5) is 23.1. The van der Waals surface area contributed by atoms with Crippen LogP contribution in [0, 0.1) is 6.92 Å². The Morgan fingerprint density at radius 2 is 1.85 bits per heavy atom. The van der Waals surface area contributed by atoms with Gasteiger partial charge in [0, 0.05) is 36.1 Å². The van der Waals surface area contributed by atoms with Gasteiger partial charge < -0.3 is 10.2 Å². The summed E-state index contributed by atoms with van der Waals surface area (Å²) in [5.74, 6) is 1.50. The number of carbonyl (C=O) groups excluding carboxylic acids is 1. The van der Waals surface area contributed by atoms with Crippen molar-refractivity contribution in [2.75, 3.05) is 16.8 Å². The first kappa shape index (κ1) is 17.2. The zero-order chi connectivity index (χ0) is 18.8. The molecule has 1 aliphatic heterocycles. The minimum atomic E-state index is 0.0384. The first-order chi connectivity index (χ1) is 13.1. The van der Waals surface area contributed by atoms with Crippen molar-refractivity contribution < 1.29 is 4.79 Å². The van der Waals surface area contributed by atoms with E-state index >= 15 is 0 Å². The van der Waals surface area contributed by atoms with Crippen LogP contribution in [0.1, 0.15) is 34.1 Å². The molecule has 136 valence electrons. The van der Waals surface area contributed by atoms with Crippen molar-refractivity contribution in [3.63, 3.8) is 0 Å². The number of nitrogens with zero attached hydrogens (tertiary/aromatic N) is 3. The first-order valence-corrected chi connectivity index (χ1v) is 9.14. The zero-order valence-electron chi connectivity index (χ0n) is 15.6. The van der Waals surface area contributed by atoms with Gasteiger partial charge in [-0.2, -0.15) is 4.98 Å². The number of carbonyl (C=O) groups is 1. The van der Waals surface area contributed by atoms with Gasteiger partial charge in [0.05, 0.1) is 0 Å². The average molecular weight is 358 g/mol. The Balaban J connectivity index is 1.59. The van der Waals surface area contributed by atoms with Crippen LogP contribution in [-0.4, -0.2) is 22.3 Å². The highest BCUT2D eigenvalue weighted by Gasteiger charge is 2.18. The smallest absolute Gasteiger partial charge is 0.229 e. The van der Waals surface area contributed by atoms with E-state index in [0.29, 0.717) is 11.5 Å². The zero-order valence-corrected chi connectivity index (χ0v) is 15.6. The standard InChI is InChI=1S/C22H22N4O/c1-15-12-21(26-11-10-17-6-3-4-7-19(17)14-26)25-22(23-15)24-20-9-5-8-18(13-20)16(2)27/h3-9,12-13H,10-11,14H2,1-2H3,(H,23,24,25). The van der Waals surface area contributed by atoms with E-state index in [1.54, 1.807) is 13.0 Å². The van der Waals surface area contributed by atoms with E-state index in [1.165, 1.54) is 11.1 Å². The first-order valence-electron chi connectivity index (χ1n) is 9.14. The minimum absolute atomic E-state index is 0.0384. The van der Waals surface area contributed by atoms with Gasteiger partial charge in [-0.3, -0.25) is 4.79 Å². The second kappa shape index (κ2) is 7.19. The summed E-state index contributed by atoms with van der Waals surface area (Å²) in [5.41, 5.74) is 5.15. The summed E-state index contributed by atoms with van der Waals surface area (Å²) in [6.45, 7) is 5.33. The molecule has 0 saturated carbocycles. The Hall–Kier alpha value is -3.21. The fourth-order valence-electron chi connectivity index (χ4n) is 3.41. The fourth-order valence-corrected chi connectivity index (χ4v) is 3.41. The topological polar surface area (TPSA) is 58.1 Å². The van der Waals surface area contributed by atoms with Gasteiger partial charge in [0.1, 0.15) is 5.82 Å². The van der Waals surface area contributed by atoms with Crippen LogP contribution in [0.15, 0.2) is 54.6 Å². The molecule has 0 fully saturated rings. The largest absolute Gasteiger partial charge is 0.352 e. The van der Waals surface area contributed by atoms with Crippen LogP contribution in [-0.2, 0) is 13.0 Å². The maximum absolute atomic E-state index is 11.6. The van der Waals surface area contributed by atoms with Crippen molar-refractivity contribution in [1.29, 1.82) is 0 Å². The van der Waals surface area contributed by atoms with Gasteiger partial charge in [0.15, 0.2) is 5.78 Å². The second-order valence-corrected chi connectivity index (χ2v) is 6.89. The quantitative estimate of drug-likeness (QED) is 0.705. The van der Waals surface area contributed by atoms with Crippen molar-refractivity contribution in [3.05, 3.63) is 77.0 Å². The molecule has 0 spiro atoms. The molecule has 0 bridgehead atoms. The van der Waals surface area contributed by atoms with Crippen LogP contribution in [0.25, 0.3) is 0 Å². The summed E-state index contributed by atoms with van der Waals surface area (Å²) in [5, 5.41) is 3.24. The molecule has 1 aromatic heterocycles. The van der Waals surface area contributed by atoms with Crippen molar-refractivity contribution in [2.45, 2.75) is 26.8 Å². The second-order valence-electron chi connectivity index (χ2n) is 6.89. The normalized spacial score (nSPS) is 13.2. The molecule has 1 aliphatic rings. The van der Waals surface area contributed by atoms with Crippen molar-refractivity contribution in [3.8, 4) is 0 Å². The molecule has 5 nitrogen and oxygen atoms in total. The Morgan fingerprint density at radius 3 is 2.67 bits per heavy atom. The molecule has 5 heteroatoms. The molecule has 27 heavy (non-hydrogen) atoms. The van der Waals surface area contributed by atoms with Crippen LogP contribution in [0.2, 0.25) is 0 Å². The molecule has 0 radical (unpaired) electrons. The van der Waals surface area contributed by atoms with Gasteiger partial charge >= 0.3 is 0 Å². The average Bonchev–Trinajstić information content (AvgIpc) is 2.67. The van der Waals surface area contributed by atoms with Gasteiger partial charge in [-0.25, -0.2) is 4.98 Å². The van der Waals surface area contributed by atoms with E-state index in [1.807, 2.05) is 31.2 Å². The van der Waals surface area contributed by atoms with E-state index in [2.05, 4.69) is 39.5 Å². The number of aromatic nitrogens is 2. The number of hydrogen-bond donors (Lipinski definition) is 1. The van der Waals surface area contributed by atoms with Gasteiger partial charge in [-0.05, 0) is 43.5 Å². The summed E-state index contributed by atoms with van der Waals surface area (Å²) < 4.78 is 0. The number of fused-ring (bicyclic) bond motifs is 1. The van der Waals surface area contributed by atoms with Crippen molar-refractivity contribution >= 4 is 23.2 Å². The number of benzene rings is 2. The molecule has 1 N–H and O–H groups in total. The SMILES string of the molecule is CC(=O)c1cccc(Nc2nc(C)cc(N3CCc4ccccc4C3)n2)c1. The molecule has 2 aromatic carbocycles. The molecule has 0 saturated heterocycles.